The zero-order valence-electron chi connectivity index (χ0n) is 14.2. The highest BCUT2D eigenvalue weighted by molar-refractivity contribution is 6.02. The van der Waals surface area contributed by atoms with Crippen LogP contribution in [0.2, 0.25) is 0 Å². The van der Waals surface area contributed by atoms with Gasteiger partial charge in [0.1, 0.15) is 5.75 Å². The molecule has 1 aliphatic rings. The van der Waals surface area contributed by atoms with Crippen molar-refractivity contribution in [3.63, 3.8) is 0 Å². The number of hydrogen-bond acceptors (Lipinski definition) is 5. The Hall–Kier alpha value is -3.35. The van der Waals surface area contributed by atoms with Crippen LogP contribution < -0.4 is 15.4 Å². The van der Waals surface area contributed by atoms with Crippen LogP contribution in [0.4, 0.5) is 11.4 Å². The summed E-state index contributed by atoms with van der Waals surface area (Å²) >= 11 is 0. The van der Waals surface area contributed by atoms with Gasteiger partial charge in [0, 0.05) is 5.69 Å². The molecule has 134 valence electrons. The van der Waals surface area contributed by atoms with Crippen LogP contribution in [0.1, 0.15) is 23.7 Å². The van der Waals surface area contributed by atoms with Crippen LogP contribution in [0, 0.1) is 0 Å². The number of nitrogens with one attached hydrogen (secondary N) is 2. The van der Waals surface area contributed by atoms with Gasteiger partial charge in [-0.2, -0.15) is 0 Å². The SMILES string of the molecule is CCOC(=O)c1ccc(NC(=O)CC2Oc3ccccc3NC2=O)cc1. The van der Waals surface area contributed by atoms with Gasteiger partial charge >= 0.3 is 5.97 Å². The molecule has 2 N–H and O–H groups in total. The summed E-state index contributed by atoms with van der Waals surface area (Å²) in [5, 5.41) is 5.40. The fourth-order valence-electron chi connectivity index (χ4n) is 2.51. The molecule has 0 radical (unpaired) electrons. The lowest BCUT2D eigenvalue weighted by molar-refractivity contribution is -0.128. The van der Waals surface area contributed by atoms with E-state index >= 15 is 0 Å². The first-order chi connectivity index (χ1) is 12.6. The summed E-state index contributed by atoms with van der Waals surface area (Å²) in [7, 11) is 0. The molecular weight excluding hydrogens is 336 g/mol. The number of ether oxygens (including phenoxy) is 2. The van der Waals surface area contributed by atoms with Crippen LogP contribution in [0.5, 0.6) is 5.75 Å². The molecule has 2 aromatic rings. The van der Waals surface area contributed by atoms with Gasteiger partial charge in [0.2, 0.25) is 5.91 Å². The number of para-hydroxylation sites is 2. The zero-order valence-corrected chi connectivity index (χ0v) is 14.2. The summed E-state index contributed by atoms with van der Waals surface area (Å²) in [4.78, 5) is 35.9. The number of fused-ring (bicyclic) bond motifs is 1. The Morgan fingerprint density at radius 2 is 1.88 bits per heavy atom. The molecule has 0 fully saturated rings. The fourth-order valence-corrected chi connectivity index (χ4v) is 2.51. The summed E-state index contributed by atoms with van der Waals surface area (Å²) in [5.41, 5.74) is 1.50. The zero-order chi connectivity index (χ0) is 18.5. The predicted octanol–water partition coefficient (Wildman–Crippen LogP) is 2.59. The molecule has 7 nitrogen and oxygen atoms in total. The van der Waals surface area contributed by atoms with Gasteiger partial charge in [-0.05, 0) is 43.3 Å². The molecule has 0 aromatic heterocycles. The normalized spacial score (nSPS) is 15.3. The average molecular weight is 354 g/mol. The Bertz CT molecular complexity index is 832. The van der Waals surface area contributed by atoms with Crippen LogP contribution in [-0.4, -0.2) is 30.5 Å². The minimum atomic E-state index is -0.899. The second-order valence-corrected chi connectivity index (χ2v) is 5.64. The molecule has 2 amide bonds. The van der Waals surface area contributed by atoms with Gasteiger partial charge in [-0.15, -0.1) is 0 Å². The maximum absolute atomic E-state index is 12.2. The Labute approximate surface area is 150 Å². The lowest BCUT2D eigenvalue weighted by Gasteiger charge is -2.25. The number of carbonyl (C=O) groups is 3. The van der Waals surface area contributed by atoms with Gasteiger partial charge in [0.05, 0.1) is 24.3 Å². The largest absolute Gasteiger partial charge is 0.478 e. The second-order valence-electron chi connectivity index (χ2n) is 5.64. The van der Waals surface area contributed by atoms with Gasteiger partial charge in [-0.1, -0.05) is 12.1 Å². The van der Waals surface area contributed by atoms with E-state index in [4.69, 9.17) is 9.47 Å². The quantitative estimate of drug-likeness (QED) is 0.805. The first-order valence-corrected chi connectivity index (χ1v) is 8.20. The average Bonchev–Trinajstić information content (AvgIpc) is 2.63. The highest BCUT2D eigenvalue weighted by Crippen LogP contribution is 2.29. The first kappa shape index (κ1) is 17.5. The van der Waals surface area contributed by atoms with Crippen molar-refractivity contribution in [3.05, 3.63) is 54.1 Å². The molecule has 0 saturated carbocycles. The first-order valence-electron chi connectivity index (χ1n) is 8.20. The monoisotopic (exact) mass is 354 g/mol. The molecular formula is C19H18N2O5. The van der Waals surface area contributed by atoms with E-state index in [-0.39, 0.29) is 18.2 Å². The van der Waals surface area contributed by atoms with E-state index in [0.29, 0.717) is 29.3 Å². The van der Waals surface area contributed by atoms with Gasteiger partial charge < -0.3 is 20.1 Å². The molecule has 1 atom stereocenters. The predicted molar refractivity (Wildman–Crippen MR) is 95.1 cm³/mol. The standard InChI is InChI=1S/C19H18N2O5/c1-2-25-19(24)12-7-9-13(10-8-12)20-17(22)11-16-18(23)21-14-5-3-4-6-15(14)26-16/h3-10,16H,2,11H2,1H3,(H,20,22)(H,21,23). The number of amides is 2. The summed E-state index contributed by atoms with van der Waals surface area (Å²) in [6.07, 6.45) is -1.02. The maximum atomic E-state index is 12.2. The maximum Gasteiger partial charge on any atom is 0.338 e. The molecule has 0 bridgehead atoms. The highest BCUT2D eigenvalue weighted by atomic mass is 16.5. The molecule has 1 aliphatic heterocycles. The minimum Gasteiger partial charge on any atom is -0.478 e. The van der Waals surface area contributed by atoms with Crippen molar-refractivity contribution < 1.29 is 23.9 Å². The van der Waals surface area contributed by atoms with Crippen LogP contribution in [0.25, 0.3) is 0 Å². The number of anilines is 2. The molecule has 1 heterocycles. The van der Waals surface area contributed by atoms with Crippen molar-refractivity contribution in [1.82, 2.24) is 0 Å². The van der Waals surface area contributed by atoms with E-state index in [1.54, 1.807) is 55.5 Å². The molecule has 0 saturated heterocycles. The molecule has 7 heteroatoms. The van der Waals surface area contributed by atoms with Crippen LogP contribution >= 0.6 is 0 Å². The summed E-state index contributed by atoms with van der Waals surface area (Å²) in [6, 6.07) is 13.4. The van der Waals surface area contributed by atoms with E-state index in [1.165, 1.54) is 0 Å². The molecule has 1 unspecified atom stereocenters. The Morgan fingerprint density at radius 3 is 2.62 bits per heavy atom. The van der Waals surface area contributed by atoms with E-state index in [2.05, 4.69) is 10.6 Å². The summed E-state index contributed by atoms with van der Waals surface area (Å²) in [5.74, 6) is -0.620. The Balaban J connectivity index is 1.59. The second kappa shape index (κ2) is 7.69. The summed E-state index contributed by atoms with van der Waals surface area (Å²) < 4.78 is 10.5. The third-order valence-electron chi connectivity index (χ3n) is 3.76. The van der Waals surface area contributed by atoms with Gasteiger partial charge in [0.25, 0.3) is 5.91 Å². The Morgan fingerprint density at radius 1 is 1.15 bits per heavy atom. The van der Waals surface area contributed by atoms with Crippen molar-refractivity contribution in [2.24, 2.45) is 0 Å². The third-order valence-corrected chi connectivity index (χ3v) is 3.76. The topological polar surface area (TPSA) is 93.7 Å². The van der Waals surface area contributed by atoms with E-state index in [0.717, 1.165) is 0 Å². The highest BCUT2D eigenvalue weighted by Gasteiger charge is 2.29. The summed E-state index contributed by atoms with van der Waals surface area (Å²) in [6.45, 7) is 2.03. The van der Waals surface area contributed by atoms with Crippen molar-refractivity contribution >= 4 is 29.2 Å². The van der Waals surface area contributed by atoms with Gasteiger partial charge in [-0.3, -0.25) is 9.59 Å². The third kappa shape index (κ3) is 4.00. The molecule has 0 aliphatic carbocycles. The van der Waals surface area contributed by atoms with Crippen molar-refractivity contribution in [2.75, 3.05) is 17.2 Å². The molecule has 2 aromatic carbocycles. The molecule has 3 rings (SSSR count). The van der Waals surface area contributed by atoms with Crippen LogP contribution in [0.15, 0.2) is 48.5 Å². The van der Waals surface area contributed by atoms with Crippen LogP contribution in [-0.2, 0) is 14.3 Å². The van der Waals surface area contributed by atoms with Crippen LogP contribution in [0.3, 0.4) is 0 Å². The van der Waals surface area contributed by atoms with Gasteiger partial charge in [-0.25, -0.2) is 4.79 Å². The number of benzene rings is 2. The van der Waals surface area contributed by atoms with Crippen molar-refractivity contribution in [2.45, 2.75) is 19.4 Å². The van der Waals surface area contributed by atoms with E-state index < -0.39 is 12.1 Å². The molecule has 0 spiro atoms. The molecule has 26 heavy (non-hydrogen) atoms. The minimum absolute atomic E-state index is 0.125. The Kier molecular flexibility index (Phi) is 5.17. The van der Waals surface area contributed by atoms with Crippen molar-refractivity contribution in [3.8, 4) is 5.75 Å². The lowest BCUT2D eigenvalue weighted by Crippen LogP contribution is -2.39. The van der Waals surface area contributed by atoms with E-state index in [9.17, 15) is 14.4 Å². The van der Waals surface area contributed by atoms with E-state index in [1.807, 2.05) is 0 Å². The van der Waals surface area contributed by atoms with Gasteiger partial charge in [0.15, 0.2) is 6.10 Å². The number of carbonyl (C=O) groups excluding carboxylic acids is 3. The number of esters is 1. The lowest BCUT2D eigenvalue weighted by atomic mass is 10.1. The van der Waals surface area contributed by atoms with Crippen molar-refractivity contribution in [1.29, 1.82) is 0 Å². The smallest absolute Gasteiger partial charge is 0.338 e. The number of hydrogen-bond donors (Lipinski definition) is 2. The fraction of sp³-hybridized carbons (Fsp3) is 0.211. The number of rotatable bonds is 5.